The first-order valence-electron chi connectivity index (χ1n) is 11.6. The normalized spacial score (nSPS) is 13.4. The number of halogens is 6. The number of aromatic nitrogens is 1. The average Bonchev–Trinajstić information content (AvgIpc) is 2.92. The summed E-state index contributed by atoms with van der Waals surface area (Å²) in [6.07, 6.45) is -8.12. The summed E-state index contributed by atoms with van der Waals surface area (Å²) < 4.78 is 86.9. The predicted molar refractivity (Wildman–Crippen MR) is 132 cm³/mol. The third-order valence-electron chi connectivity index (χ3n) is 6.19. The van der Waals surface area contributed by atoms with Gasteiger partial charge in [-0.25, -0.2) is 0 Å². The van der Waals surface area contributed by atoms with E-state index < -0.39 is 40.7 Å². The fourth-order valence-corrected chi connectivity index (χ4v) is 4.34. The summed E-state index contributed by atoms with van der Waals surface area (Å²) in [7, 11) is 1.07. The van der Waals surface area contributed by atoms with Crippen molar-refractivity contribution in [2.45, 2.75) is 24.3 Å². The Labute approximate surface area is 220 Å². The van der Waals surface area contributed by atoms with E-state index in [1.807, 2.05) is 0 Å². The van der Waals surface area contributed by atoms with Crippen molar-refractivity contribution in [3.05, 3.63) is 131 Å². The molecule has 0 spiro atoms. The number of pyridine rings is 1. The molecule has 39 heavy (non-hydrogen) atoms. The van der Waals surface area contributed by atoms with Crippen molar-refractivity contribution in [3.63, 3.8) is 0 Å². The Morgan fingerprint density at radius 2 is 1.49 bits per heavy atom. The molecule has 202 valence electrons. The second kappa shape index (κ2) is 10.8. The lowest BCUT2D eigenvalue weighted by molar-refractivity contribution is -0.139. The van der Waals surface area contributed by atoms with Crippen LogP contribution in [0, 0.1) is 0 Å². The topological polar surface area (TPSA) is 51.2 Å². The number of rotatable bonds is 7. The predicted octanol–water partition coefficient (Wildman–Crippen LogP) is 7.04. The van der Waals surface area contributed by atoms with Gasteiger partial charge in [0.15, 0.2) is 0 Å². The highest BCUT2D eigenvalue weighted by Gasteiger charge is 2.41. The van der Waals surface area contributed by atoms with Gasteiger partial charge in [0.1, 0.15) is 11.3 Å². The first-order valence-corrected chi connectivity index (χ1v) is 11.6. The van der Waals surface area contributed by atoms with Gasteiger partial charge in [0.25, 0.3) is 5.91 Å². The highest BCUT2D eigenvalue weighted by molar-refractivity contribution is 5.95. The zero-order valence-electron chi connectivity index (χ0n) is 20.5. The first-order chi connectivity index (χ1) is 18.4. The van der Waals surface area contributed by atoms with E-state index in [1.165, 1.54) is 18.3 Å². The quantitative estimate of drug-likeness (QED) is 0.254. The highest BCUT2D eigenvalue weighted by atomic mass is 19.4. The first kappa shape index (κ1) is 27.7. The molecule has 1 amide bonds. The summed E-state index contributed by atoms with van der Waals surface area (Å²) in [6.45, 7) is 0. The van der Waals surface area contributed by atoms with Crippen LogP contribution in [0.2, 0.25) is 0 Å². The molecule has 0 saturated heterocycles. The number of benzene rings is 3. The molecule has 0 aliphatic rings. The second-order valence-corrected chi connectivity index (χ2v) is 8.73. The van der Waals surface area contributed by atoms with Crippen LogP contribution in [-0.4, -0.2) is 18.0 Å². The largest absolute Gasteiger partial charge is 0.496 e. The van der Waals surface area contributed by atoms with Gasteiger partial charge in [-0.05, 0) is 53.6 Å². The number of hydrogen-bond acceptors (Lipinski definition) is 3. The third kappa shape index (κ3) is 6.05. The van der Waals surface area contributed by atoms with Crippen LogP contribution in [0.3, 0.4) is 0 Å². The number of alkyl halides is 6. The maximum atomic E-state index is 13.7. The summed E-state index contributed by atoms with van der Waals surface area (Å²) in [6, 6.07) is 20.7. The smallest absolute Gasteiger partial charge is 0.419 e. The van der Waals surface area contributed by atoms with Gasteiger partial charge in [0.05, 0.1) is 23.9 Å². The van der Waals surface area contributed by atoms with Crippen molar-refractivity contribution >= 4 is 5.91 Å². The summed E-state index contributed by atoms with van der Waals surface area (Å²) in [5.74, 6) is -1.42. The van der Waals surface area contributed by atoms with Crippen LogP contribution in [0.15, 0.2) is 97.2 Å². The van der Waals surface area contributed by atoms with Crippen molar-refractivity contribution in [2.75, 3.05) is 7.11 Å². The van der Waals surface area contributed by atoms with E-state index >= 15 is 0 Å². The monoisotopic (exact) mass is 544 g/mol. The number of carbonyl (C=O) groups is 1. The van der Waals surface area contributed by atoms with Crippen LogP contribution in [0.5, 0.6) is 5.75 Å². The SMILES string of the molecule is COc1ccc(C(=O)NC(Cc2ccccc2)(c2cccc(C(F)(F)F)c2)c2ccccn2)cc1C(F)(F)F. The number of amides is 1. The number of nitrogens with one attached hydrogen (secondary N) is 1. The Hall–Kier alpha value is -4.34. The fourth-order valence-electron chi connectivity index (χ4n) is 4.34. The standard InChI is InChI=1S/C29H22F6N2O2/c1-39-24-14-13-20(16-23(24)29(33,34)35)26(38)37-27(25-12-5-6-15-36-25,18-19-8-3-2-4-9-19)21-10-7-11-22(17-21)28(30,31)32/h2-17H,18H2,1H3,(H,37,38). The van der Waals surface area contributed by atoms with Crippen LogP contribution in [0.4, 0.5) is 26.3 Å². The van der Waals surface area contributed by atoms with E-state index in [9.17, 15) is 31.1 Å². The molecule has 0 fully saturated rings. The Morgan fingerprint density at radius 1 is 0.795 bits per heavy atom. The van der Waals surface area contributed by atoms with Crippen LogP contribution in [0.25, 0.3) is 0 Å². The molecule has 0 saturated carbocycles. The van der Waals surface area contributed by atoms with E-state index in [2.05, 4.69) is 10.3 Å². The molecule has 0 bridgehead atoms. The summed E-state index contributed by atoms with van der Waals surface area (Å²) in [5, 5.41) is 2.75. The molecule has 4 aromatic rings. The molecule has 4 nitrogen and oxygen atoms in total. The molecule has 1 N–H and O–H groups in total. The van der Waals surface area contributed by atoms with Crippen LogP contribution < -0.4 is 10.1 Å². The number of methoxy groups -OCH3 is 1. The van der Waals surface area contributed by atoms with E-state index in [1.54, 1.807) is 48.5 Å². The van der Waals surface area contributed by atoms with Gasteiger partial charge in [0, 0.05) is 18.2 Å². The Balaban J connectivity index is 1.92. The average molecular weight is 544 g/mol. The highest BCUT2D eigenvalue weighted by Crippen LogP contribution is 2.39. The zero-order valence-corrected chi connectivity index (χ0v) is 20.5. The number of ether oxygens (including phenoxy) is 1. The molecule has 1 aromatic heterocycles. The van der Waals surface area contributed by atoms with Crippen molar-refractivity contribution in [1.82, 2.24) is 10.3 Å². The van der Waals surface area contributed by atoms with Crippen LogP contribution in [-0.2, 0) is 24.3 Å². The molecular formula is C29H22F6N2O2. The molecule has 0 aliphatic heterocycles. The van der Waals surface area contributed by atoms with Crippen molar-refractivity contribution in [2.24, 2.45) is 0 Å². The molecule has 10 heteroatoms. The lowest BCUT2D eigenvalue weighted by Gasteiger charge is -2.36. The second-order valence-electron chi connectivity index (χ2n) is 8.73. The van der Waals surface area contributed by atoms with Crippen LogP contribution >= 0.6 is 0 Å². The molecule has 1 atom stereocenters. The summed E-state index contributed by atoms with van der Waals surface area (Å²) in [5.41, 5.74) is -3.26. The van der Waals surface area contributed by atoms with Gasteiger partial charge >= 0.3 is 12.4 Å². The van der Waals surface area contributed by atoms with E-state index in [4.69, 9.17) is 4.74 Å². The Morgan fingerprint density at radius 3 is 2.10 bits per heavy atom. The molecule has 1 heterocycles. The number of hydrogen-bond donors (Lipinski definition) is 1. The molecule has 0 aliphatic carbocycles. The maximum Gasteiger partial charge on any atom is 0.419 e. The summed E-state index contributed by atoms with van der Waals surface area (Å²) >= 11 is 0. The van der Waals surface area contributed by atoms with Gasteiger partial charge in [-0.15, -0.1) is 0 Å². The molecule has 3 aromatic carbocycles. The molecular weight excluding hydrogens is 522 g/mol. The minimum Gasteiger partial charge on any atom is -0.496 e. The third-order valence-corrected chi connectivity index (χ3v) is 6.19. The molecule has 1 unspecified atom stereocenters. The molecule has 4 rings (SSSR count). The zero-order chi connectivity index (χ0) is 28.3. The van der Waals surface area contributed by atoms with Gasteiger partial charge in [-0.2, -0.15) is 26.3 Å². The minimum atomic E-state index is -4.81. The fraction of sp³-hybridized carbons (Fsp3) is 0.172. The number of carbonyl (C=O) groups excluding carboxylic acids is 1. The molecule has 0 radical (unpaired) electrons. The van der Waals surface area contributed by atoms with Gasteiger partial charge in [0.2, 0.25) is 0 Å². The van der Waals surface area contributed by atoms with Gasteiger partial charge < -0.3 is 10.1 Å². The maximum absolute atomic E-state index is 13.7. The van der Waals surface area contributed by atoms with E-state index in [-0.39, 0.29) is 23.2 Å². The van der Waals surface area contributed by atoms with Crippen molar-refractivity contribution in [3.8, 4) is 5.75 Å². The van der Waals surface area contributed by atoms with Gasteiger partial charge in [-0.1, -0.05) is 48.5 Å². The van der Waals surface area contributed by atoms with Crippen LogP contribution in [0.1, 0.15) is 38.3 Å². The minimum absolute atomic E-state index is 0.0415. The Kier molecular flexibility index (Phi) is 7.67. The van der Waals surface area contributed by atoms with Crippen molar-refractivity contribution < 1.29 is 35.9 Å². The Bertz CT molecular complexity index is 1440. The van der Waals surface area contributed by atoms with Gasteiger partial charge in [-0.3, -0.25) is 9.78 Å². The number of nitrogens with zero attached hydrogens (tertiary/aromatic N) is 1. The summed E-state index contributed by atoms with van der Waals surface area (Å²) in [4.78, 5) is 17.9. The van der Waals surface area contributed by atoms with Crippen molar-refractivity contribution in [1.29, 1.82) is 0 Å². The lowest BCUT2D eigenvalue weighted by atomic mass is 9.79. The lowest BCUT2D eigenvalue weighted by Crippen LogP contribution is -2.49. The van der Waals surface area contributed by atoms with E-state index in [0.717, 1.165) is 31.4 Å². The van der Waals surface area contributed by atoms with E-state index in [0.29, 0.717) is 11.6 Å².